The van der Waals surface area contributed by atoms with Crippen LogP contribution in [0, 0.1) is 0 Å². The number of fused-ring (bicyclic) bond motifs is 1. The van der Waals surface area contributed by atoms with Gasteiger partial charge in [-0.15, -0.1) is 0 Å². The minimum absolute atomic E-state index is 0.495. The predicted molar refractivity (Wildman–Crippen MR) is 54.4 cm³/mol. The summed E-state index contributed by atoms with van der Waals surface area (Å²) >= 11 is 1.65. The Morgan fingerprint density at radius 3 is 2.94 bits per heavy atom. The van der Waals surface area contributed by atoms with Crippen LogP contribution in [0.25, 0.3) is 0 Å². The first-order valence-electron chi connectivity index (χ1n) is 4.70. The largest absolute Gasteiger partial charge is 0.408 e. The van der Waals surface area contributed by atoms with E-state index >= 15 is 0 Å². The lowest BCUT2D eigenvalue weighted by Crippen LogP contribution is -2.32. The van der Waals surface area contributed by atoms with Gasteiger partial charge in [0, 0.05) is 18.2 Å². The molecule has 0 spiro atoms. The van der Waals surface area contributed by atoms with Gasteiger partial charge in [0.1, 0.15) is 6.54 Å². The summed E-state index contributed by atoms with van der Waals surface area (Å²) in [6.45, 7) is -1.31. The van der Waals surface area contributed by atoms with Gasteiger partial charge in [-0.05, 0) is 11.3 Å². The van der Waals surface area contributed by atoms with E-state index in [4.69, 9.17) is 0 Å². The molecule has 0 saturated carbocycles. The lowest BCUT2D eigenvalue weighted by atomic mass is 10.2. The zero-order valence-electron chi connectivity index (χ0n) is 8.25. The SMILES string of the molecule is O=c1cc2c(nn1CC(F)(F)F)CCSC2. The summed E-state index contributed by atoms with van der Waals surface area (Å²) in [6.07, 6.45) is -3.79. The Bertz CT molecular complexity index is 455. The molecule has 88 valence electrons. The van der Waals surface area contributed by atoms with E-state index in [1.807, 2.05) is 0 Å². The maximum absolute atomic E-state index is 12.1. The highest BCUT2D eigenvalue weighted by Gasteiger charge is 2.29. The lowest BCUT2D eigenvalue weighted by molar-refractivity contribution is -0.143. The third kappa shape index (κ3) is 2.58. The minimum atomic E-state index is -4.41. The zero-order valence-corrected chi connectivity index (χ0v) is 9.07. The van der Waals surface area contributed by atoms with Crippen molar-refractivity contribution < 1.29 is 13.2 Å². The van der Waals surface area contributed by atoms with Gasteiger partial charge in [-0.1, -0.05) is 0 Å². The molecule has 0 amide bonds. The molecule has 2 heterocycles. The van der Waals surface area contributed by atoms with Crippen molar-refractivity contribution in [3.63, 3.8) is 0 Å². The van der Waals surface area contributed by atoms with Crippen LogP contribution in [0.4, 0.5) is 13.2 Å². The number of rotatable bonds is 1. The third-order valence-electron chi connectivity index (χ3n) is 2.23. The predicted octanol–water partition coefficient (Wildman–Crippen LogP) is 1.59. The summed E-state index contributed by atoms with van der Waals surface area (Å²) in [6, 6.07) is 1.26. The van der Waals surface area contributed by atoms with E-state index in [1.54, 1.807) is 11.8 Å². The number of hydrogen-bond acceptors (Lipinski definition) is 3. The minimum Gasteiger partial charge on any atom is -0.268 e. The smallest absolute Gasteiger partial charge is 0.268 e. The van der Waals surface area contributed by atoms with E-state index in [1.165, 1.54) is 6.07 Å². The summed E-state index contributed by atoms with van der Waals surface area (Å²) in [5.41, 5.74) is 0.695. The molecule has 1 aliphatic heterocycles. The molecule has 1 aromatic rings. The summed E-state index contributed by atoms with van der Waals surface area (Å²) in [7, 11) is 0. The van der Waals surface area contributed by atoms with E-state index in [9.17, 15) is 18.0 Å². The van der Waals surface area contributed by atoms with Crippen molar-refractivity contribution >= 4 is 11.8 Å². The number of alkyl halides is 3. The average molecular weight is 250 g/mol. The molecule has 1 aromatic heterocycles. The first-order chi connectivity index (χ1) is 7.46. The van der Waals surface area contributed by atoms with Gasteiger partial charge in [0.15, 0.2) is 0 Å². The summed E-state index contributed by atoms with van der Waals surface area (Å²) in [5, 5.41) is 3.77. The van der Waals surface area contributed by atoms with Gasteiger partial charge >= 0.3 is 6.18 Å². The van der Waals surface area contributed by atoms with E-state index in [-0.39, 0.29) is 0 Å². The van der Waals surface area contributed by atoms with Crippen molar-refractivity contribution in [3.8, 4) is 0 Å². The highest BCUT2D eigenvalue weighted by molar-refractivity contribution is 7.98. The molecule has 2 rings (SSSR count). The van der Waals surface area contributed by atoms with Gasteiger partial charge in [-0.25, -0.2) is 4.68 Å². The van der Waals surface area contributed by atoms with Gasteiger partial charge in [-0.3, -0.25) is 4.79 Å². The normalized spacial score (nSPS) is 15.9. The first kappa shape index (κ1) is 11.5. The van der Waals surface area contributed by atoms with Crippen molar-refractivity contribution in [1.29, 1.82) is 0 Å². The van der Waals surface area contributed by atoms with Crippen LogP contribution >= 0.6 is 11.8 Å². The van der Waals surface area contributed by atoms with Crippen LogP contribution in [0.15, 0.2) is 10.9 Å². The summed E-state index contributed by atoms with van der Waals surface area (Å²) in [5.74, 6) is 1.49. The molecule has 0 bridgehead atoms. The van der Waals surface area contributed by atoms with Gasteiger partial charge in [0.25, 0.3) is 5.56 Å². The van der Waals surface area contributed by atoms with Crippen molar-refractivity contribution in [2.24, 2.45) is 0 Å². The Morgan fingerprint density at radius 2 is 2.25 bits per heavy atom. The van der Waals surface area contributed by atoms with Crippen LogP contribution in [-0.4, -0.2) is 21.7 Å². The standard InChI is InChI=1S/C9H9F3N2OS/c10-9(11,12)5-14-8(15)3-6-4-16-2-1-7(6)13-14/h3H,1-2,4-5H2. The Hall–Kier alpha value is -0.980. The lowest BCUT2D eigenvalue weighted by Gasteiger charge is -2.16. The molecule has 0 aromatic carbocycles. The van der Waals surface area contributed by atoms with Crippen LogP contribution in [0.1, 0.15) is 11.3 Å². The Kier molecular flexibility index (Phi) is 2.96. The highest BCUT2D eigenvalue weighted by Crippen LogP contribution is 2.22. The third-order valence-corrected chi connectivity index (χ3v) is 3.24. The van der Waals surface area contributed by atoms with Crippen LogP contribution in [-0.2, 0) is 18.7 Å². The molecule has 1 aliphatic rings. The fraction of sp³-hybridized carbons (Fsp3) is 0.556. The highest BCUT2D eigenvalue weighted by atomic mass is 32.2. The summed E-state index contributed by atoms with van der Waals surface area (Å²) in [4.78, 5) is 11.4. The topological polar surface area (TPSA) is 34.9 Å². The fourth-order valence-electron chi connectivity index (χ4n) is 1.54. The Labute approximate surface area is 93.6 Å². The molecule has 16 heavy (non-hydrogen) atoms. The van der Waals surface area contributed by atoms with Crippen molar-refractivity contribution in [1.82, 2.24) is 9.78 Å². The van der Waals surface area contributed by atoms with Crippen molar-refractivity contribution in [2.75, 3.05) is 5.75 Å². The van der Waals surface area contributed by atoms with E-state index in [0.717, 1.165) is 11.3 Å². The number of aromatic nitrogens is 2. The number of hydrogen-bond donors (Lipinski definition) is 0. The maximum atomic E-state index is 12.1. The number of thioether (sulfide) groups is 1. The quantitative estimate of drug-likeness (QED) is 0.759. The first-order valence-corrected chi connectivity index (χ1v) is 5.85. The van der Waals surface area contributed by atoms with Crippen LogP contribution in [0.3, 0.4) is 0 Å². The second-order valence-electron chi connectivity index (χ2n) is 3.53. The monoisotopic (exact) mass is 250 g/mol. The molecule has 0 radical (unpaired) electrons. The van der Waals surface area contributed by atoms with Crippen LogP contribution < -0.4 is 5.56 Å². The van der Waals surface area contributed by atoms with E-state index < -0.39 is 18.3 Å². The molecule has 0 N–H and O–H groups in total. The molecule has 0 unspecified atom stereocenters. The second kappa shape index (κ2) is 4.12. The van der Waals surface area contributed by atoms with Crippen LogP contribution in [0.2, 0.25) is 0 Å². The van der Waals surface area contributed by atoms with Gasteiger partial charge in [0.2, 0.25) is 0 Å². The second-order valence-corrected chi connectivity index (χ2v) is 4.64. The molecule has 0 saturated heterocycles. The molecular formula is C9H9F3N2OS. The van der Waals surface area contributed by atoms with Crippen molar-refractivity contribution in [2.45, 2.75) is 24.9 Å². The van der Waals surface area contributed by atoms with Crippen molar-refractivity contribution in [3.05, 3.63) is 27.7 Å². The fourth-order valence-corrected chi connectivity index (χ4v) is 2.49. The van der Waals surface area contributed by atoms with Gasteiger partial charge in [-0.2, -0.15) is 30.0 Å². The zero-order chi connectivity index (χ0) is 11.8. The maximum Gasteiger partial charge on any atom is 0.408 e. The molecule has 0 atom stereocenters. The molecule has 7 heteroatoms. The Balaban J connectivity index is 2.36. The van der Waals surface area contributed by atoms with Crippen LogP contribution in [0.5, 0.6) is 0 Å². The van der Waals surface area contributed by atoms with E-state index in [2.05, 4.69) is 5.10 Å². The number of nitrogens with zero attached hydrogens (tertiary/aromatic N) is 2. The van der Waals surface area contributed by atoms with Gasteiger partial charge in [0.05, 0.1) is 5.69 Å². The Morgan fingerprint density at radius 1 is 1.50 bits per heavy atom. The molecule has 0 aliphatic carbocycles. The number of aryl methyl sites for hydroxylation is 1. The number of halogens is 3. The molecule has 0 fully saturated rings. The molecular weight excluding hydrogens is 241 g/mol. The van der Waals surface area contributed by atoms with E-state index in [0.29, 0.717) is 22.5 Å². The molecule has 3 nitrogen and oxygen atoms in total. The summed E-state index contributed by atoms with van der Waals surface area (Å²) < 4.78 is 36.9. The average Bonchev–Trinajstić information content (AvgIpc) is 2.17. The van der Waals surface area contributed by atoms with Gasteiger partial charge < -0.3 is 0 Å².